The van der Waals surface area contributed by atoms with E-state index in [1.165, 1.54) is 0 Å². The number of thioether (sulfide) groups is 1. The van der Waals surface area contributed by atoms with Gasteiger partial charge in [-0.25, -0.2) is 4.68 Å². The summed E-state index contributed by atoms with van der Waals surface area (Å²) in [6.07, 6.45) is 1.69. The number of hydrogen-bond donors (Lipinski definition) is 3. The second-order valence-electron chi connectivity index (χ2n) is 10.3. The fourth-order valence-electron chi connectivity index (χ4n) is 6.39. The van der Waals surface area contributed by atoms with E-state index in [0.29, 0.717) is 31.5 Å². The van der Waals surface area contributed by atoms with Crippen LogP contribution >= 0.6 is 27.7 Å². The van der Waals surface area contributed by atoms with Crippen molar-refractivity contribution < 1.29 is 19.5 Å². The number of anilines is 1. The summed E-state index contributed by atoms with van der Waals surface area (Å²) in [5, 5.41) is 23.5. The van der Waals surface area contributed by atoms with Crippen LogP contribution in [0.25, 0.3) is 11.0 Å². The largest absolute Gasteiger partial charge is 0.396 e. The zero-order chi connectivity index (χ0) is 27.1. The number of carbonyl (C=O) groups excluding carboxylic acids is 3. The Morgan fingerprint density at radius 3 is 2.67 bits per heavy atom. The van der Waals surface area contributed by atoms with E-state index in [4.69, 9.17) is 0 Å². The summed E-state index contributed by atoms with van der Waals surface area (Å²) < 4.78 is 0.889. The third-order valence-electron chi connectivity index (χ3n) is 8.01. The van der Waals surface area contributed by atoms with E-state index in [9.17, 15) is 19.5 Å². The molecule has 3 N–H and O–H groups in total. The Bertz CT molecular complexity index is 1410. The first-order valence-corrected chi connectivity index (χ1v) is 14.9. The molecule has 4 heterocycles. The lowest BCUT2D eigenvalue weighted by molar-refractivity contribution is -0.139. The molecule has 6 rings (SSSR count). The van der Waals surface area contributed by atoms with Crippen LogP contribution < -0.4 is 10.6 Å². The van der Waals surface area contributed by atoms with Gasteiger partial charge in [0.1, 0.15) is 18.2 Å². The molecule has 6 atom stereocenters. The normalized spacial score (nSPS) is 29.1. The number of nitrogens with zero attached hydrogens (tertiary/aromatic N) is 4. The van der Waals surface area contributed by atoms with Crippen LogP contribution in [0.1, 0.15) is 19.3 Å². The number of halogens is 1. The number of benzene rings is 2. The van der Waals surface area contributed by atoms with E-state index >= 15 is 0 Å². The minimum absolute atomic E-state index is 0.00917. The van der Waals surface area contributed by atoms with E-state index < -0.39 is 22.6 Å². The molecule has 3 fully saturated rings. The molecular weight excluding hydrogens is 584 g/mol. The van der Waals surface area contributed by atoms with Crippen molar-refractivity contribution in [2.75, 3.05) is 18.5 Å². The predicted octanol–water partition coefficient (Wildman–Crippen LogP) is 2.38. The molecule has 3 unspecified atom stereocenters. The lowest BCUT2D eigenvalue weighted by atomic mass is 9.70. The van der Waals surface area contributed by atoms with E-state index in [-0.39, 0.29) is 41.1 Å². The van der Waals surface area contributed by atoms with Crippen molar-refractivity contribution in [2.45, 2.75) is 46.8 Å². The summed E-state index contributed by atoms with van der Waals surface area (Å²) in [7, 11) is 0. The Morgan fingerprint density at radius 2 is 1.87 bits per heavy atom. The molecular formula is C27H29BrN6O4S. The van der Waals surface area contributed by atoms with Gasteiger partial charge in [-0.1, -0.05) is 51.5 Å². The van der Waals surface area contributed by atoms with Gasteiger partial charge >= 0.3 is 0 Å². The Kier molecular flexibility index (Phi) is 7.11. The second kappa shape index (κ2) is 10.5. The van der Waals surface area contributed by atoms with Crippen LogP contribution in [-0.4, -0.2) is 76.7 Å². The van der Waals surface area contributed by atoms with Crippen LogP contribution in [0.15, 0.2) is 54.6 Å². The molecule has 0 aliphatic carbocycles. The van der Waals surface area contributed by atoms with Crippen molar-refractivity contribution in [3.8, 4) is 0 Å². The van der Waals surface area contributed by atoms with Crippen molar-refractivity contribution in [3.05, 3.63) is 54.6 Å². The van der Waals surface area contributed by atoms with Crippen LogP contribution in [0.2, 0.25) is 0 Å². The Labute approximate surface area is 238 Å². The Morgan fingerprint density at radius 1 is 1.10 bits per heavy atom. The number of aliphatic hydroxyl groups excluding tert-OH is 1. The molecule has 3 aliphatic rings. The van der Waals surface area contributed by atoms with E-state index in [2.05, 4.69) is 36.9 Å². The van der Waals surface area contributed by atoms with Gasteiger partial charge in [0.25, 0.3) is 0 Å². The molecule has 39 heavy (non-hydrogen) atoms. The predicted molar refractivity (Wildman–Crippen MR) is 151 cm³/mol. The van der Waals surface area contributed by atoms with Gasteiger partial charge in [0.15, 0.2) is 0 Å². The molecule has 1 spiro atoms. The first-order chi connectivity index (χ1) is 18.9. The number of hydrogen-bond acceptors (Lipinski definition) is 7. The number of nitrogens with one attached hydrogen (secondary N) is 2. The van der Waals surface area contributed by atoms with E-state index in [1.54, 1.807) is 21.3 Å². The number of aliphatic hydroxyl groups is 1. The van der Waals surface area contributed by atoms with Gasteiger partial charge in [0, 0.05) is 28.9 Å². The topological polar surface area (TPSA) is 129 Å². The molecule has 3 aromatic rings. The SMILES string of the molecule is O=C(NCn1nnc2ccccc21)C1N(CCCCO)C(=O)[C@@H]2[C@H](C(=O)Nc3ccccc3)[C@H]3SC12CC3Br. The number of aromatic nitrogens is 3. The minimum Gasteiger partial charge on any atom is -0.396 e. The van der Waals surface area contributed by atoms with Crippen LogP contribution in [0.5, 0.6) is 0 Å². The maximum Gasteiger partial charge on any atom is 0.245 e. The molecule has 3 amide bonds. The van der Waals surface area contributed by atoms with Crippen LogP contribution in [-0.2, 0) is 21.1 Å². The average molecular weight is 614 g/mol. The molecule has 0 radical (unpaired) electrons. The highest BCUT2D eigenvalue weighted by molar-refractivity contribution is 9.09. The lowest BCUT2D eigenvalue weighted by Gasteiger charge is -2.35. The van der Waals surface area contributed by atoms with Gasteiger partial charge < -0.3 is 20.6 Å². The highest BCUT2D eigenvalue weighted by atomic mass is 79.9. The molecule has 204 valence electrons. The quantitative estimate of drug-likeness (QED) is 0.250. The fourth-order valence-corrected chi connectivity index (χ4v) is 10.0. The first-order valence-electron chi connectivity index (χ1n) is 13.1. The molecule has 12 heteroatoms. The lowest BCUT2D eigenvalue weighted by Crippen LogP contribution is -2.54. The zero-order valence-electron chi connectivity index (χ0n) is 21.1. The molecule has 0 saturated carbocycles. The Balaban J connectivity index is 1.29. The molecule has 2 aromatic carbocycles. The third-order valence-corrected chi connectivity index (χ3v) is 11.2. The summed E-state index contributed by atoms with van der Waals surface area (Å²) in [5.41, 5.74) is 2.20. The van der Waals surface area contributed by atoms with E-state index in [0.717, 1.165) is 11.0 Å². The van der Waals surface area contributed by atoms with Crippen LogP contribution in [0, 0.1) is 11.8 Å². The number of rotatable bonds is 9. The molecule has 1 aromatic heterocycles. The Hall–Kier alpha value is -2.96. The van der Waals surface area contributed by atoms with Crippen LogP contribution in [0.4, 0.5) is 5.69 Å². The number of fused-ring (bicyclic) bond motifs is 2. The number of unbranched alkanes of at least 4 members (excludes halogenated alkanes) is 1. The van der Waals surface area contributed by atoms with Crippen molar-refractivity contribution in [1.82, 2.24) is 25.2 Å². The molecule has 3 aliphatic heterocycles. The van der Waals surface area contributed by atoms with Gasteiger partial charge in [-0.2, -0.15) is 0 Å². The molecule has 2 bridgehead atoms. The maximum atomic E-state index is 14.0. The summed E-state index contributed by atoms with van der Waals surface area (Å²) in [6.45, 7) is 0.460. The third kappa shape index (κ3) is 4.42. The second-order valence-corrected chi connectivity index (χ2v) is 13.0. The first kappa shape index (κ1) is 26.3. The van der Waals surface area contributed by atoms with Gasteiger partial charge in [0.2, 0.25) is 17.7 Å². The van der Waals surface area contributed by atoms with Crippen molar-refractivity contribution in [2.24, 2.45) is 11.8 Å². The fraction of sp³-hybridized carbons (Fsp3) is 0.444. The van der Waals surface area contributed by atoms with Gasteiger partial charge in [-0.15, -0.1) is 16.9 Å². The number of para-hydroxylation sites is 2. The number of alkyl halides is 1. The van der Waals surface area contributed by atoms with Crippen LogP contribution in [0.3, 0.4) is 0 Å². The summed E-state index contributed by atoms with van der Waals surface area (Å²) >= 11 is 5.38. The maximum absolute atomic E-state index is 14.0. The monoisotopic (exact) mass is 612 g/mol. The minimum atomic E-state index is -0.743. The zero-order valence-corrected chi connectivity index (χ0v) is 23.5. The number of likely N-dealkylation sites (tertiary alicyclic amines) is 1. The number of carbonyl (C=O) groups is 3. The smallest absolute Gasteiger partial charge is 0.245 e. The summed E-state index contributed by atoms with van der Waals surface area (Å²) in [4.78, 5) is 43.2. The molecule has 3 saturated heterocycles. The van der Waals surface area contributed by atoms with E-state index in [1.807, 2.05) is 54.6 Å². The van der Waals surface area contributed by atoms with Crippen molar-refractivity contribution in [3.63, 3.8) is 0 Å². The van der Waals surface area contributed by atoms with Crippen molar-refractivity contribution in [1.29, 1.82) is 0 Å². The van der Waals surface area contributed by atoms with Crippen molar-refractivity contribution >= 4 is 62.1 Å². The number of amides is 3. The highest BCUT2D eigenvalue weighted by Crippen LogP contribution is 2.67. The van der Waals surface area contributed by atoms with Gasteiger partial charge in [-0.3, -0.25) is 14.4 Å². The average Bonchev–Trinajstić information content (AvgIpc) is 3.65. The van der Waals surface area contributed by atoms with Gasteiger partial charge in [0.05, 0.1) is 22.1 Å². The molecule has 10 nitrogen and oxygen atoms in total. The highest BCUT2D eigenvalue weighted by Gasteiger charge is 2.75. The van der Waals surface area contributed by atoms with Gasteiger partial charge in [-0.05, 0) is 43.5 Å². The summed E-state index contributed by atoms with van der Waals surface area (Å²) in [6, 6.07) is 16.0. The standard InChI is InChI=1S/C27H29BrN6O4S/c28-17-14-27-21(20(22(17)39-27)24(36)30-16-8-2-1-3-9-16)26(38)33(12-6-7-13-35)23(27)25(37)29-15-34-19-11-5-4-10-18(19)31-32-34/h1-5,8-11,17,20-23,35H,6-7,12-15H2,(H,29,37)(H,30,36)/t17?,20-,21-,22-,23?,27?/m0/s1. The summed E-state index contributed by atoms with van der Waals surface area (Å²) in [5.74, 6) is -1.82.